The van der Waals surface area contributed by atoms with Crippen LogP contribution in [0.1, 0.15) is 24.8 Å². The van der Waals surface area contributed by atoms with Crippen molar-refractivity contribution < 1.29 is 14.6 Å². The Morgan fingerprint density at radius 1 is 1.09 bits per heavy atom. The first kappa shape index (κ1) is 15.6. The molecule has 0 spiro atoms. The van der Waals surface area contributed by atoms with E-state index in [1.54, 1.807) is 0 Å². The first-order valence-corrected chi connectivity index (χ1v) is 8.00. The first-order valence-electron chi connectivity index (χ1n) is 8.00. The molecule has 0 heterocycles. The van der Waals surface area contributed by atoms with Gasteiger partial charge in [-0.3, -0.25) is 4.79 Å². The minimum atomic E-state index is -0.509. The molecule has 2 unspecified atom stereocenters. The molecule has 2 atom stereocenters. The molecule has 0 aliphatic heterocycles. The Balaban J connectivity index is 1.65. The molecule has 1 aliphatic carbocycles. The van der Waals surface area contributed by atoms with Crippen LogP contribution in [-0.4, -0.2) is 17.1 Å². The Morgan fingerprint density at radius 2 is 1.83 bits per heavy atom. The monoisotopic (exact) mass is 311 g/mol. The van der Waals surface area contributed by atoms with Crippen molar-refractivity contribution in [2.24, 2.45) is 5.92 Å². The maximum Gasteiger partial charge on any atom is 0.225 e. The van der Waals surface area contributed by atoms with E-state index in [-0.39, 0.29) is 11.8 Å². The molecule has 0 saturated heterocycles. The van der Waals surface area contributed by atoms with E-state index in [0.717, 1.165) is 29.9 Å². The lowest BCUT2D eigenvalue weighted by Gasteiger charge is -2.16. The Labute approximate surface area is 136 Å². The van der Waals surface area contributed by atoms with Gasteiger partial charge in [-0.2, -0.15) is 0 Å². The predicted octanol–water partition coefficient (Wildman–Crippen LogP) is 3.26. The van der Waals surface area contributed by atoms with E-state index in [1.165, 1.54) is 0 Å². The van der Waals surface area contributed by atoms with Crippen LogP contribution in [0.25, 0.3) is 0 Å². The van der Waals surface area contributed by atoms with Crippen molar-refractivity contribution in [1.29, 1.82) is 0 Å². The Kier molecular flexibility index (Phi) is 4.93. The molecule has 1 amide bonds. The SMILES string of the molecule is O=C(NCc1ccccc1Oc1ccccc1)C1CCCC1O. The number of hydrogen-bond donors (Lipinski definition) is 2. The van der Waals surface area contributed by atoms with E-state index in [0.29, 0.717) is 13.0 Å². The number of amides is 1. The highest BCUT2D eigenvalue weighted by molar-refractivity contribution is 5.79. The number of para-hydroxylation sites is 2. The fourth-order valence-corrected chi connectivity index (χ4v) is 2.92. The van der Waals surface area contributed by atoms with Crippen LogP contribution in [0.5, 0.6) is 11.5 Å². The molecule has 120 valence electrons. The van der Waals surface area contributed by atoms with E-state index >= 15 is 0 Å². The number of carbonyl (C=O) groups is 1. The minimum absolute atomic E-state index is 0.0792. The maximum absolute atomic E-state index is 12.2. The van der Waals surface area contributed by atoms with Crippen LogP contribution >= 0.6 is 0 Å². The second-order valence-corrected chi connectivity index (χ2v) is 5.85. The zero-order valence-corrected chi connectivity index (χ0v) is 12.9. The molecule has 2 aromatic carbocycles. The lowest BCUT2D eigenvalue weighted by atomic mass is 10.1. The van der Waals surface area contributed by atoms with Gasteiger partial charge in [0, 0.05) is 12.1 Å². The van der Waals surface area contributed by atoms with Gasteiger partial charge in [-0.25, -0.2) is 0 Å². The van der Waals surface area contributed by atoms with Crippen molar-refractivity contribution in [3.05, 3.63) is 60.2 Å². The first-order chi connectivity index (χ1) is 11.2. The number of carbonyl (C=O) groups excluding carboxylic acids is 1. The number of ether oxygens (including phenoxy) is 1. The van der Waals surface area contributed by atoms with Crippen molar-refractivity contribution in [2.45, 2.75) is 31.9 Å². The molecule has 3 rings (SSSR count). The second kappa shape index (κ2) is 7.29. The zero-order chi connectivity index (χ0) is 16.1. The van der Waals surface area contributed by atoms with Crippen LogP contribution < -0.4 is 10.1 Å². The topological polar surface area (TPSA) is 58.6 Å². The van der Waals surface area contributed by atoms with Gasteiger partial charge in [0.05, 0.1) is 12.0 Å². The average Bonchev–Trinajstić information content (AvgIpc) is 3.01. The zero-order valence-electron chi connectivity index (χ0n) is 12.9. The summed E-state index contributed by atoms with van der Waals surface area (Å²) in [6.07, 6.45) is 1.87. The summed E-state index contributed by atoms with van der Waals surface area (Å²) in [5, 5.41) is 12.7. The molecule has 0 aromatic heterocycles. The van der Waals surface area contributed by atoms with Gasteiger partial charge in [-0.15, -0.1) is 0 Å². The van der Waals surface area contributed by atoms with Gasteiger partial charge in [-0.1, -0.05) is 36.4 Å². The van der Waals surface area contributed by atoms with Gasteiger partial charge in [0.1, 0.15) is 11.5 Å². The third kappa shape index (κ3) is 3.90. The van der Waals surface area contributed by atoms with Gasteiger partial charge in [-0.05, 0) is 37.5 Å². The summed E-state index contributed by atoms with van der Waals surface area (Å²) in [4.78, 5) is 12.2. The fourth-order valence-electron chi connectivity index (χ4n) is 2.92. The molecule has 2 aromatic rings. The third-order valence-electron chi connectivity index (χ3n) is 4.21. The Morgan fingerprint density at radius 3 is 2.57 bits per heavy atom. The van der Waals surface area contributed by atoms with Gasteiger partial charge >= 0.3 is 0 Å². The lowest BCUT2D eigenvalue weighted by molar-refractivity contribution is -0.127. The summed E-state index contributed by atoms with van der Waals surface area (Å²) < 4.78 is 5.89. The highest BCUT2D eigenvalue weighted by atomic mass is 16.5. The van der Waals surface area contributed by atoms with Gasteiger partial charge in [0.25, 0.3) is 0 Å². The van der Waals surface area contributed by atoms with Crippen molar-refractivity contribution in [3.8, 4) is 11.5 Å². The second-order valence-electron chi connectivity index (χ2n) is 5.85. The Bertz CT molecular complexity index is 657. The summed E-state index contributed by atoms with van der Waals surface area (Å²) in [6.45, 7) is 0.394. The van der Waals surface area contributed by atoms with E-state index in [2.05, 4.69) is 5.32 Å². The molecule has 4 heteroatoms. The predicted molar refractivity (Wildman–Crippen MR) is 88.2 cm³/mol. The van der Waals surface area contributed by atoms with Gasteiger partial charge in [0.2, 0.25) is 5.91 Å². The van der Waals surface area contributed by atoms with Gasteiger partial charge < -0.3 is 15.2 Å². The lowest BCUT2D eigenvalue weighted by Crippen LogP contribution is -2.34. The molecule has 1 saturated carbocycles. The molecular formula is C19H21NO3. The number of benzene rings is 2. The van der Waals surface area contributed by atoms with Gasteiger partial charge in [0.15, 0.2) is 0 Å². The summed E-state index contributed by atoms with van der Waals surface area (Å²) in [5.41, 5.74) is 0.914. The van der Waals surface area contributed by atoms with Crippen LogP contribution in [0.2, 0.25) is 0 Å². The number of hydrogen-bond acceptors (Lipinski definition) is 3. The highest BCUT2D eigenvalue weighted by Crippen LogP contribution is 2.27. The van der Waals surface area contributed by atoms with E-state index in [4.69, 9.17) is 4.74 Å². The van der Waals surface area contributed by atoms with Crippen LogP contribution in [0.15, 0.2) is 54.6 Å². The van der Waals surface area contributed by atoms with Crippen LogP contribution in [0.4, 0.5) is 0 Å². The molecule has 1 aliphatic rings. The molecule has 4 nitrogen and oxygen atoms in total. The van der Waals surface area contributed by atoms with Crippen molar-refractivity contribution >= 4 is 5.91 Å². The van der Waals surface area contributed by atoms with Crippen LogP contribution in [0, 0.1) is 5.92 Å². The molecule has 0 radical (unpaired) electrons. The summed E-state index contributed by atoms with van der Waals surface area (Å²) in [6, 6.07) is 17.2. The molecule has 1 fully saturated rings. The van der Waals surface area contributed by atoms with E-state index in [1.807, 2.05) is 54.6 Å². The smallest absolute Gasteiger partial charge is 0.225 e. The number of aliphatic hydroxyl groups excluding tert-OH is 1. The summed E-state index contributed by atoms with van der Waals surface area (Å²) >= 11 is 0. The minimum Gasteiger partial charge on any atom is -0.457 e. The van der Waals surface area contributed by atoms with Crippen LogP contribution in [-0.2, 0) is 11.3 Å². The van der Waals surface area contributed by atoms with E-state index < -0.39 is 6.10 Å². The largest absolute Gasteiger partial charge is 0.457 e. The Hall–Kier alpha value is -2.33. The molecular weight excluding hydrogens is 290 g/mol. The van der Waals surface area contributed by atoms with Crippen molar-refractivity contribution in [1.82, 2.24) is 5.32 Å². The number of rotatable bonds is 5. The number of aliphatic hydroxyl groups is 1. The summed E-state index contributed by atoms with van der Waals surface area (Å²) in [5.74, 6) is 1.13. The molecule has 2 N–H and O–H groups in total. The molecule has 23 heavy (non-hydrogen) atoms. The third-order valence-corrected chi connectivity index (χ3v) is 4.21. The fraction of sp³-hybridized carbons (Fsp3) is 0.316. The van der Waals surface area contributed by atoms with E-state index in [9.17, 15) is 9.90 Å². The number of nitrogens with one attached hydrogen (secondary N) is 1. The molecule has 0 bridgehead atoms. The highest BCUT2D eigenvalue weighted by Gasteiger charge is 2.31. The summed E-state index contributed by atoms with van der Waals surface area (Å²) in [7, 11) is 0. The maximum atomic E-state index is 12.2. The van der Waals surface area contributed by atoms with Crippen molar-refractivity contribution in [2.75, 3.05) is 0 Å². The quantitative estimate of drug-likeness (QED) is 0.891. The standard InChI is InChI=1S/C19H21NO3/c21-17-11-6-10-16(17)19(22)20-13-14-7-4-5-12-18(14)23-15-8-2-1-3-9-15/h1-5,7-9,12,16-17,21H,6,10-11,13H2,(H,20,22). The van der Waals surface area contributed by atoms with Crippen molar-refractivity contribution in [3.63, 3.8) is 0 Å². The van der Waals surface area contributed by atoms with Crippen LogP contribution in [0.3, 0.4) is 0 Å². The normalized spacial score (nSPS) is 20.2. The average molecular weight is 311 g/mol.